The highest BCUT2D eigenvalue weighted by molar-refractivity contribution is 6.37. The molecule has 0 radical (unpaired) electrons. The van der Waals surface area contributed by atoms with Crippen LogP contribution in [0.5, 0.6) is 11.5 Å². The molecule has 1 aromatic carbocycles. The van der Waals surface area contributed by atoms with E-state index in [2.05, 4.69) is 32.8 Å². The van der Waals surface area contributed by atoms with Gasteiger partial charge in [-0.2, -0.15) is 0 Å². The molecule has 0 bridgehead atoms. The zero-order chi connectivity index (χ0) is 17.5. The van der Waals surface area contributed by atoms with Crippen LogP contribution in [0.1, 0.15) is 40.0 Å². The average molecular weight is 362 g/mol. The number of benzene rings is 1. The Morgan fingerprint density at radius 1 is 1.13 bits per heavy atom. The lowest BCUT2D eigenvalue weighted by molar-refractivity contribution is 0.0474. The van der Waals surface area contributed by atoms with Gasteiger partial charge in [-0.3, -0.25) is 10.3 Å². The number of rotatable bonds is 9. The number of halogens is 2. The van der Waals surface area contributed by atoms with Gasteiger partial charge in [0.15, 0.2) is 5.75 Å². The molecular weight excluding hydrogens is 337 g/mol. The standard InChI is InChI=1S/C17H25Cl2NO3/c1-12(17(2,3)4)20-23-9-7-5-6-8-22-16-14(18)10-13(21)11-15(16)19/h10-11,20-21H,1,5-9H2,2-4H3. The highest BCUT2D eigenvalue weighted by Gasteiger charge is 2.14. The lowest BCUT2D eigenvalue weighted by atomic mass is 9.94. The van der Waals surface area contributed by atoms with Crippen LogP contribution in [-0.4, -0.2) is 18.3 Å². The molecule has 0 unspecified atom stereocenters. The molecule has 6 heteroatoms. The third-order valence-electron chi connectivity index (χ3n) is 3.22. The summed E-state index contributed by atoms with van der Waals surface area (Å²) in [6, 6.07) is 2.81. The first kappa shape index (κ1) is 19.9. The van der Waals surface area contributed by atoms with Crippen LogP contribution in [0, 0.1) is 5.41 Å². The number of aromatic hydroxyl groups is 1. The first-order valence-corrected chi connectivity index (χ1v) is 8.35. The summed E-state index contributed by atoms with van der Waals surface area (Å²) in [5.41, 5.74) is 3.72. The lowest BCUT2D eigenvalue weighted by Crippen LogP contribution is -2.24. The van der Waals surface area contributed by atoms with Gasteiger partial charge in [0.05, 0.1) is 23.3 Å². The molecule has 1 aromatic rings. The Labute approximate surface area is 148 Å². The maximum atomic E-state index is 9.35. The smallest absolute Gasteiger partial charge is 0.156 e. The number of unbranched alkanes of at least 4 members (excludes halogenated alkanes) is 2. The molecule has 0 aliphatic heterocycles. The van der Waals surface area contributed by atoms with Crippen LogP contribution in [0.15, 0.2) is 24.4 Å². The van der Waals surface area contributed by atoms with Crippen molar-refractivity contribution in [1.82, 2.24) is 5.48 Å². The zero-order valence-electron chi connectivity index (χ0n) is 13.9. The fourth-order valence-corrected chi connectivity index (χ4v) is 2.19. The molecule has 0 atom stereocenters. The Kier molecular flexibility index (Phi) is 8.03. The number of hydrogen-bond acceptors (Lipinski definition) is 4. The molecule has 4 nitrogen and oxygen atoms in total. The summed E-state index contributed by atoms with van der Waals surface area (Å²) in [4.78, 5) is 5.38. The number of hydroxylamine groups is 1. The molecule has 23 heavy (non-hydrogen) atoms. The number of ether oxygens (including phenoxy) is 1. The molecule has 0 aliphatic carbocycles. The Morgan fingerprint density at radius 2 is 1.70 bits per heavy atom. The molecule has 1 rings (SSSR count). The van der Waals surface area contributed by atoms with Gasteiger partial charge in [0.1, 0.15) is 5.75 Å². The average Bonchev–Trinajstić information content (AvgIpc) is 2.42. The number of hydrogen-bond donors (Lipinski definition) is 2. The number of phenolic OH excluding ortho intramolecular Hbond substituents is 1. The maximum Gasteiger partial charge on any atom is 0.156 e. The Morgan fingerprint density at radius 3 is 2.26 bits per heavy atom. The highest BCUT2D eigenvalue weighted by atomic mass is 35.5. The van der Waals surface area contributed by atoms with Gasteiger partial charge < -0.3 is 9.84 Å². The van der Waals surface area contributed by atoms with Gasteiger partial charge in [-0.25, -0.2) is 0 Å². The summed E-state index contributed by atoms with van der Waals surface area (Å²) in [5, 5.41) is 9.97. The van der Waals surface area contributed by atoms with Crippen molar-refractivity contribution in [2.45, 2.75) is 40.0 Å². The number of allylic oxidation sites excluding steroid dienone is 1. The van der Waals surface area contributed by atoms with Crippen molar-refractivity contribution in [3.05, 3.63) is 34.5 Å². The first-order chi connectivity index (χ1) is 10.7. The van der Waals surface area contributed by atoms with E-state index in [-0.39, 0.29) is 11.2 Å². The van der Waals surface area contributed by atoms with Gasteiger partial charge in [0.25, 0.3) is 0 Å². The molecule has 0 spiro atoms. The SMILES string of the molecule is C=C(NOCCCCCOc1c(Cl)cc(O)cc1Cl)C(C)(C)C. The van der Waals surface area contributed by atoms with E-state index >= 15 is 0 Å². The van der Waals surface area contributed by atoms with Crippen molar-refractivity contribution >= 4 is 23.2 Å². The van der Waals surface area contributed by atoms with Crippen LogP contribution in [0.4, 0.5) is 0 Å². The van der Waals surface area contributed by atoms with E-state index in [4.69, 9.17) is 32.8 Å². The molecule has 130 valence electrons. The van der Waals surface area contributed by atoms with Crippen molar-refractivity contribution in [1.29, 1.82) is 0 Å². The zero-order valence-corrected chi connectivity index (χ0v) is 15.4. The quantitative estimate of drug-likeness (QED) is 0.461. The van der Waals surface area contributed by atoms with Crippen LogP contribution < -0.4 is 10.2 Å². The Bertz CT molecular complexity index is 504. The minimum absolute atomic E-state index is 0.0174. The second kappa shape index (κ2) is 9.26. The lowest BCUT2D eigenvalue weighted by Gasteiger charge is -2.22. The van der Waals surface area contributed by atoms with Crippen molar-refractivity contribution in [3.63, 3.8) is 0 Å². The van der Waals surface area contributed by atoms with Crippen molar-refractivity contribution in [3.8, 4) is 11.5 Å². The third-order valence-corrected chi connectivity index (χ3v) is 3.78. The normalized spacial score (nSPS) is 11.3. The van der Waals surface area contributed by atoms with E-state index < -0.39 is 0 Å². The van der Waals surface area contributed by atoms with E-state index in [0.29, 0.717) is 29.0 Å². The largest absolute Gasteiger partial charge is 0.508 e. The van der Waals surface area contributed by atoms with Crippen LogP contribution in [-0.2, 0) is 4.84 Å². The molecule has 0 fully saturated rings. The van der Waals surface area contributed by atoms with E-state index in [1.165, 1.54) is 12.1 Å². The predicted octanol–water partition coefficient (Wildman–Crippen LogP) is 5.33. The fourth-order valence-electron chi connectivity index (χ4n) is 1.60. The molecule has 0 heterocycles. The molecule has 2 N–H and O–H groups in total. The third kappa shape index (κ3) is 7.34. The maximum absolute atomic E-state index is 9.35. The van der Waals surface area contributed by atoms with Crippen LogP contribution in [0.3, 0.4) is 0 Å². The first-order valence-electron chi connectivity index (χ1n) is 7.60. The summed E-state index contributed by atoms with van der Waals surface area (Å²) < 4.78 is 5.57. The number of nitrogens with one attached hydrogen (secondary N) is 1. The van der Waals surface area contributed by atoms with E-state index in [1.807, 2.05) is 0 Å². The van der Waals surface area contributed by atoms with Gasteiger partial charge in [0, 0.05) is 23.2 Å². The second-order valence-corrected chi connectivity index (χ2v) is 7.14. The van der Waals surface area contributed by atoms with Crippen molar-refractivity contribution in [2.75, 3.05) is 13.2 Å². The van der Waals surface area contributed by atoms with Crippen molar-refractivity contribution in [2.24, 2.45) is 5.41 Å². The molecule has 0 saturated heterocycles. The Hall–Kier alpha value is -1.10. The second-order valence-electron chi connectivity index (χ2n) is 6.33. The minimum atomic E-state index is -0.0174. The van der Waals surface area contributed by atoms with Crippen molar-refractivity contribution < 1.29 is 14.7 Å². The Balaban J connectivity index is 2.14. The summed E-state index contributed by atoms with van der Waals surface area (Å²) >= 11 is 12.0. The van der Waals surface area contributed by atoms with E-state index in [0.717, 1.165) is 25.0 Å². The van der Waals surface area contributed by atoms with Gasteiger partial charge in [-0.15, -0.1) is 0 Å². The summed E-state index contributed by atoms with van der Waals surface area (Å²) in [7, 11) is 0. The summed E-state index contributed by atoms with van der Waals surface area (Å²) in [6.45, 7) is 11.3. The minimum Gasteiger partial charge on any atom is -0.508 e. The van der Waals surface area contributed by atoms with E-state index in [9.17, 15) is 5.11 Å². The van der Waals surface area contributed by atoms with Gasteiger partial charge in [-0.05, 0) is 19.3 Å². The van der Waals surface area contributed by atoms with Crippen LogP contribution in [0.25, 0.3) is 0 Å². The summed E-state index contributed by atoms with van der Waals surface area (Å²) in [5.74, 6) is 0.430. The topological polar surface area (TPSA) is 50.7 Å². The highest BCUT2D eigenvalue weighted by Crippen LogP contribution is 2.36. The molecule has 0 amide bonds. The van der Waals surface area contributed by atoms with Crippen LogP contribution >= 0.6 is 23.2 Å². The predicted molar refractivity (Wildman–Crippen MR) is 95.2 cm³/mol. The summed E-state index contributed by atoms with van der Waals surface area (Å²) in [6.07, 6.45) is 2.72. The van der Waals surface area contributed by atoms with E-state index in [1.54, 1.807) is 0 Å². The molecular formula is C17H25Cl2NO3. The monoisotopic (exact) mass is 361 g/mol. The molecule has 0 aromatic heterocycles. The van der Waals surface area contributed by atoms with Gasteiger partial charge in [-0.1, -0.05) is 50.6 Å². The molecule has 0 saturated carbocycles. The fraction of sp³-hybridized carbons (Fsp3) is 0.529. The number of phenols is 1. The van der Waals surface area contributed by atoms with Gasteiger partial charge in [0.2, 0.25) is 0 Å². The van der Waals surface area contributed by atoms with Gasteiger partial charge >= 0.3 is 0 Å². The molecule has 0 aliphatic rings. The van der Waals surface area contributed by atoms with Crippen LogP contribution in [0.2, 0.25) is 10.0 Å².